The van der Waals surface area contributed by atoms with Gasteiger partial charge in [-0.25, -0.2) is 0 Å². The number of carbonyl (C=O) groups excluding carboxylic acids is 1. The molecule has 0 aliphatic carbocycles. The van der Waals surface area contributed by atoms with Crippen molar-refractivity contribution >= 4 is 27.5 Å². The van der Waals surface area contributed by atoms with Crippen molar-refractivity contribution in [1.29, 1.82) is 0 Å². The van der Waals surface area contributed by atoms with Crippen molar-refractivity contribution in [1.82, 2.24) is 4.90 Å². The molecule has 1 saturated heterocycles. The van der Waals surface area contributed by atoms with Gasteiger partial charge in [0, 0.05) is 36.3 Å². The van der Waals surface area contributed by atoms with E-state index in [1.165, 1.54) is 6.07 Å². The number of nitrogens with two attached hydrogens (primary N) is 1. The molecule has 0 saturated carbocycles. The molecule has 122 valence electrons. The Morgan fingerprint density at radius 2 is 1.86 bits per heavy atom. The number of nitrogens with zero attached hydrogens (tertiary/aromatic N) is 2. The van der Waals surface area contributed by atoms with E-state index in [0.717, 1.165) is 6.07 Å². The van der Waals surface area contributed by atoms with E-state index in [9.17, 15) is 18.0 Å². The molecular weight excluding hydrogens is 363 g/mol. The predicted molar refractivity (Wildman–Crippen MR) is 81.6 cm³/mol. The molecule has 0 aromatic heterocycles. The molecule has 22 heavy (non-hydrogen) atoms. The molecule has 1 aliphatic heterocycles. The van der Waals surface area contributed by atoms with Gasteiger partial charge in [0.2, 0.25) is 5.91 Å². The highest BCUT2D eigenvalue weighted by atomic mass is 79.9. The topological polar surface area (TPSA) is 49.6 Å². The Balaban J connectivity index is 2.17. The lowest BCUT2D eigenvalue weighted by Gasteiger charge is -2.37. The first kappa shape index (κ1) is 17.1. The molecule has 2 rings (SSSR count). The summed E-state index contributed by atoms with van der Waals surface area (Å²) in [5.41, 5.74) is 5.02. The van der Waals surface area contributed by atoms with E-state index in [1.54, 1.807) is 22.8 Å². The van der Waals surface area contributed by atoms with Crippen molar-refractivity contribution in [2.24, 2.45) is 5.73 Å². The van der Waals surface area contributed by atoms with Gasteiger partial charge >= 0.3 is 6.18 Å². The number of halogens is 4. The van der Waals surface area contributed by atoms with E-state index in [0.29, 0.717) is 30.7 Å². The number of amides is 1. The lowest BCUT2D eigenvalue weighted by molar-refractivity contribution is -0.137. The van der Waals surface area contributed by atoms with E-state index in [1.807, 2.05) is 0 Å². The van der Waals surface area contributed by atoms with Crippen LogP contribution in [0.3, 0.4) is 0 Å². The van der Waals surface area contributed by atoms with E-state index < -0.39 is 17.8 Å². The van der Waals surface area contributed by atoms with Crippen LogP contribution in [0.4, 0.5) is 18.9 Å². The maximum atomic E-state index is 13.2. The number of hydrogen-bond donors (Lipinski definition) is 1. The van der Waals surface area contributed by atoms with E-state index in [4.69, 9.17) is 5.73 Å². The number of anilines is 1. The minimum absolute atomic E-state index is 0.142. The van der Waals surface area contributed by atoms with Gasteiger partial charge in [0.15, 0.2) is 0 Å². The van der Waals surface area contributed by atoms with Crippen molar-refractivity contribution in [3.63, 3.8) is 0 Å². The van der Waals surface area contributed by atoms with Gasteiger partial charge in [-0.3, -0.25) is 4.79 Å². The zero-order valence-electron chi connectivity index (χ0n) is 12.0. The van der Waals surface area contributed by atoms with Gasteiger partial charge in [-0.2, -0.15) is 13.2 Å². The summed E-state index contributed by atoms with van der Waals surface area (Å²) >= 11 is 3.07. The summed E-state index contributed by atoms with van der Waals surface area (Å²) in [7, 11) is 0. The van der Waals surface area contributed by atoms with Crippen LogP contribution in [0.5, 0.6) is 0 Å². The van der Waals surface area contributed by atoms with Crippen molar-refractivity contribution in [2.45, 2.75) is 19.1 Å². The van der Waals surface area contributed by atoms with Gasteiger partial charge in [-0.1, -0.05) is 15.9 Å². The second kappa shape index (κ2) is 6.45. The number of piperazine rings is 1. The Kier molecular flexibility index (Phi) is 5.01. The Bertz CT molecular complexity index is 555. The van der Waals surface area contributed by atoms with Crippen LogP contribution in [0, 0.1) is 0 Å². The summed E-state index contributed by atoms with van der Waals surface area (Å²) in [5.74, 6) is -0.175. The average Bonchev–Trinajstić information content (AvgIpc) is 2.45. The van der Waals surface area contributed by atoms with Crippen LogP contribution in [0.1, 0.15) is 12.5 Å². The van der Waals surface area contributed by atoms with Crippen LogP contribution in [0.2, 0.25) is 0 Å². The SMILES string of the molecule is CC(N)C(=O)N1CCN(c2ccc(Br)cc2C(F)(F)F)CC1. The molecule has 1 unspecified atom stereocenters. The number of hydrogen-bond acceptors (Lipinski definition) is 3. The fraction of sp³-hybridized carbons (Fsp3) is 0.500. The lowest BCUT2D eigenvalue weighted by atomic mass is 10.1. The second-order valence-corrected chi connectivity index (χ2v) is 6.18. The average molecular weight is 380 g/mol. The third-order valence-electron chi connectivity index (χ3n) is 3.59. The van der Waals surface area contributed by atoms with Crippen molar-refractivity contribution in [3.8, 4) is 0 Å². The van der Waals surface area contributed by atoms with Gasteiger partial charge in [-0.15, -0.1) is 0 Å². The molecule has 4 nitrogen and oxygen atoms in total. The van der Waals surface area contributed by atoms with Gasteiger partial charge in [0.25, 0.3) is 0 Å². The third-order valence-corrected chi connectivity index (χ3v) is 4.08. The molecule has 1 atom stereocenters. The van der Waals surface area contributed by atoms with Crippen LogP contribution >= 0.6 is 15.9 Å². The zero-order valence-corrected chi connectivity index (χ0v) is 13.6. The van der Waals surface area contributed by atoms with Crippen molar-refractivity contribution in [2.75, 3.05) is 31.1 Å². The molecule has 1 fully saturated rings. The maximum Gasteiger partial charge on any atom is 0.418 e. The smallest absolute Gasteiger partial charge is 0.367 e. The number of rotatable bonds is 2. The number of alkyl halides is 3. The molecule has 1 aromatic carbocycles. The highest BCUT2D eigenvalue weighted by Crippen LogP contribution is 2.38. The molecule has 1 aliphatic rings. The third kappa shape index (κ3) is 3.73. The fourth-order valence-electron chi connectivity index (χ4n) is 2.47. The molecule has 1 aromatic rings. The molecule has 0 spiro atoms. The van der Waals surface area contributed by atoms with Crippen LogP contribution in [0.25, 0.3) is 0 Å². The highest BCUT2D eigenvalue weighted by molar-refractivity contribution is 9.10. The Labute approximate surface area is 135 Å². The van der Waals surface area contributed by atoms with Crippen LogP contribution in [-0.4, -0.2) is 43.0 Å². The summed E-state index contributed by atoms with van der Waals surface area (Å²) < 4.78 is 39.9. The summed E-state index contributed by atoms with van der Waals surface area (Å²) in [4.78, 5) is 15.1. The fourth-order valence-corrected chi connectivity index (χ4v) is 2.83. The summed E-state index contributed by atoms with van der Waals surface area (Å²) in [6, 6.07) is 3.53. The Hall–Kier alpha value is -1.28. The van der Waals surface area contributed by atoms with E-state index >= 15 is 0 Å². The predicted octanol–water partition coefficient (Wildman–Crippen LogP) is 2.46. The van der Waals surface area contributed by atoms with Crippen molar-refractivity contribution < 1.29 is 18.0 Å². The standard InChI is InChI=1S/C14H17BrF3N3O/c1-9(19)13(22)21-6-4-20(5-7-21)12-3-2-10(15)8-11(12)14(16,17)18/h2-3,8-9H,4-7,19H2,1H3. The second-order valence-electron chi connectivity index (χ2n) is 5.26. The molecule has 0 radical (unpaired) electrons. The maximum absolute atomic E-state index is 13.2. The minimum Gasteiger partial charge on any atom is -0.367 e. The molecular formula is C14H17BrF3N3O. The quantitative estimate of drug-likeness (QED) is 0.858. The largest absolute Gasteiger partial charge is 0.418 e. The lowest BCUT2D eigenvalue weighted by Crippen LogP contribution is -2.52. The molecule has 0 bridgehead atoms. The molecule has 8 heteroatoms. The molecule has 1 heterocycles. The minimum atomic E-state index is -4.42. The molecule has 1 amide bonds. The van der Waals surface area contributed by atoms with E-state index in [2.05, 4.69) is 15.9 Å². The first-order chi connectivity index (χ1) is 10.2. The molecule has 2 N–H and O–H groups in total. The summed E-state index contributed by atoms with van der Waals surface area (Å²) in [5, 5.41) is 0. The van der Waals surface area contributed by atoms with Crippen LogP contribution < -0.4 is 10.6 Å². The Morgan fingerprint density at radius 1 is 1.27 bits per heavy atom. The van der Waals surface area contributed by atoms with Crippen LogP contribution in [0.15, 0.2) is 22.7 Å². The first-order valence-corrected chi connectivity index (χ1v) is 7.65. The van der Waals surface area contributed by atoms with Gasteiger partial charge < -0.3 is 15.5 Å². The van der Waals surface area contributed by atoms with Gasteiger partial charge in [0.05, 0.1) is 11.6 Å². The normalized spacial score (nSPS) is 17.5. The number of carbonyl (C=O) groups is 1. The van der Waals surface area contributed by atoms with Gasteiger partial charge in [0.1, 0.15) is 0 Å². The van der Waals surface area contributed by atoms with E-state index in [-0.39, 0.29) is 11.6 Å². The monoisotopic (exact) mass is 379 g/mol. The Morgan fingerprint density at radius 3 is 2.36 bits per heavy atom. The zero-order chi connectivity index (χ0) is 16.5. The first-order valence-electron chi connectivity index (χ1n) is 6.86. The van der Waals surface area contributed by atoms with Crippen LogP contribution in [-0.2, 0) is 11.0 Å². The summed E-state index contributed by atoms with van der Waals surface area (Å²) in [6.07, 6.45) is -4.42. The van der Waals surface area contributed by atoms with Crippen molar-refractivity contribution in [3.05, 3.63) is 28.2 Å². The van der Waals surface area contributed by atoms with Gasteiger partial charge in [-0.05, 0) is 25.1 Å². The summed E-state index contributed by atoms with van der Waals surface area (Å²) in [6.45, 7) is 3.04. The number of benzene rings is 1. The highest BCUT2D eigenvalue weighted by Gasteiger charge is 2.36.